The molecule has 4 rings (SSSR count). The number of hydrogen-bond donors (Lipinski definition) is 1. The van der Waals surface area contributed by atoms with E-state index in [-0.39, 0.29) is 12.5 Å². The molecule has 0 atom stereocenters. The van der Waals surface area contributed by atoms with Crippen molar-refractivity contribution in [2.45, 2.75) is 6.54 Å². The molecular formula is C23H20N2O. The van der Waals surface area contributed by atoms with Crippen LogP contribution >= 0.6 is 0 Å². The number of fused-ring (bicyclic) bond motifs is 2. The maximum Gasteiger partial charge on any atom is 0.245 e. The van der Waals surface area contributed by atoms with Crippen LogP contribution in [-0.4, -0.2) is 12.5 Å². The summed E-state index contributed by atoms with van der Waals surface area (Å²) in [5.74, 6) is 0.0320. The van der Waals surface area contributed by atoms with E-state index >= 15 is 0 Å². The molecule has 3 nitrogen and oxygen atoms in total. The van der Waals surface area contributed by atoms with Crippen molar-refractivity contribution in [2.24, 2.45) is 0 Å². The minimum atomic E-state index is 0.0320. The monoisotopic (exact) mass is 340 g/mol. The van der Waals surface area contributed by atoms with Crippen molar-refractivity contribution in [3.8, 4) is 0 Å². The zero-order valence-electron chi connectivity index (χ0n) is 14.4. The van der Waals surface area contributed by atoms with E-state index in [1.807, 2.05) is 71.6 Å². The van der Waals surface area contributed by atoms with Crippen LogP contribution in [0.2, 0.25) is 0 Å². The fourth-order valence-electron chi connectivity index (χ4n) is 3.23. The molecule has 3 aromatic carbocycles. The summed E-state index contributed by atoms with van der Waals surface area (Å²) in [4.78, 5) is 14.9. The van der Waals surface area contributed by atoms with E-state index in [4.69, 9.17) is 0 Å². The molecule has 3 heteroatoms. The van der Waals surface area contributed by atoms with Crippen LogP contribution in [0.5, 0.6) is 0 Å². The molecule has 0 aliphatic carbocycles. The van der Waals surface area contributed by atoms with Gasteiger partial charge in [0.2, 0.25) is 5.91 Å². The molecule has 1 aliphatic rings. The first-order chi connectivity index (χ1) is 12.8. The topological polar surface area (TPSA) is 32.3 Å². The van der Waals surface area contributed by atoms with Crippen LogP contribution in [0.4, 0.5) is 11.4 Å². The number of nitrogens with one attached hydrogen (secondary N) is 1. The number of carbonyl (C=O) groups excluding carboxylic acids is 1. The molecule has 0 bridgehead atoms. The van der Waals surface area contributed by atoms with Crippen molar-refractivity contribution in [1.82, 2.24) is 5.32 Å². The third kappa shape index (κ3) is 3.30. The number of hydrogen-bond acceptors (Lipinski definition) is 2. The largest absolute Gasteiger partial charge is 0.304 e. The molecular weight excluding hydrogens is 320 g/mol. The van der Waals surface area contributed by atoms with Gasteiger partial charge in [-0.2, -0.15) is 0 Å². The predicted octanol–water partition coefficient (Wildman–Crippen LogP) is 4.62. The molecule has 26 heavy (non-hydrogen) atoms. The van der Waals surface area contributed by atoms with Crippen LogP contribution in [0, 0.1) is 0 Å². The van der Waals surface area contributed by atoms with Crippen LogP contribution in [0.3, 0.4) is 0 Å². The molecule has 1 N–H and O–H groups in total. The normalized spacial score (nSPS) is 12.2. The van der Waals surface area contributed by atoms with Gasteiger partial charge in [0.15, 0.2) is 0 Å². The Hall–Kier alpha value is -3.17. The molecule has 1 aliphatic heterocycles. The standard InChI is InChI=1S/C23H20N2O/c26-23(17-24-16-18-8-2-1-3-9-18)25-21-12-6-4-10-19(21)14-15-20-11-5-7-13-22(20)25/h1-15,24H,16-17H2. The van der Waals surface area contributed by atoms with Gasteiger partial charge in [0.05, 0.1) is 17.9 Å². The van der Waals surface area contributed by atoms with Gasteiger partial charge in [-0.3, -0.25) is 9.69 Å². The van der Waals surface area contributed by atoms with Gasteiger partial charge in [-0.15, -0.1) is 0 Å². The van der Waals surface area contributed by atoms with E-state index in [0.717, 1.165) is 22.5 Å². The van der Waals surface area contributed by atoms with Crippen molar-refractivity contribution in [1.29, 1.82) is 0 Å². The highest BCUT2D eigenvalue weighted by molar-refractivity contribution is 6.07. The average molecular weight is 340 g/mol. The minimum absolute atomic E-state index is 0.0320. The number of para-hydroxylation sites is 2. The van der Waals surface area contributed by atoms with E-state index in [1.54, 1.807) is 0 Å². The number of amides is 1. The first-order valence-electron chi connectivity index (χ1n) is 8.77. The summed E-state index contributed by atoms with van der Waals surface area (Å²) in [6.07, 6.45) is 4.14. The summed E-state index contributed by atoms with van der Waals surface area (Å²) in [6.45, 7) is 0.944. The molecule has 1 heterocycles. The number of benzene rings is 3. The lowest BCUT2D eigenvalue weighted by molar-refractivity contribution is -0.117. The molecule has 128 valence electrons. The molecule has 0 unspecified atom stereocenters. The Bertz CT molecular complexity index is 898. The Balaban J connectivity index is 1.60. The Labute approximate surface area is 153 Å². The van der Waals surface area contributed by atoms with Gasteiger partial charge in [-0.1, -0.05) is 78.9 Å². The maximum atomic E-state index is 13.1. The Morgan fingerprint density at radius 3 is 1.88 bits per heavy atom. The Kier molecular flexibility index (Phi) is 4.63. The van der Waals surface area contributed by atoms with Crippen LogP contribution in [0.15, 0.2) is 78.9 Å². The van der Waals surface area contributed by atoms with Gasteiger partial charge < -0.3 is 5.32 Å². The predicted molar refractivity (Wildman–Crippen MR) is 107 cm³/mol. The molecule has 0 fully saturated rings. The molecule has 0 spiro atoms. The van der Waals surface area contributed by atoms with E-state index in [2.05, 4.69) is 29.6 Å². The second-order valence-electron chi connectivity index (χ2n) is 6.27. The fraction of sp³-hybridized carbons (Fsp3) is 0.0870. The zero-order valence-corrected chi connectivity index (χ0v) is 14.4. The van der Waals surface area contributed by atoms with Crippen LogP contribution in [-0.2, 0) is 11.3 Å². The van der Waals surface area contributed by atoms with E-state index < -0.39 is 0 Å². The highest BCUT2D eigenvalue weighted by Gasteiger charge is 2.23. The summed E-state index contributed by atoms with van der Waals surface area (Å²) in [5.41, 5.74) is 5.08. The van der Waals surface area contributed by atoms with Crippen molar-refractivity contribution < 1.29 is 4.79 Å². The van der Waals surface area contributed by atoms with Crippen molar-refractivity contribution in [3.05, 3.63) is 95.6 Å². The molecule has 3 aromatic rings. The smallest absolute Gasteiger partial charge is 0.245 e. The number of nitrogens with zero attached hydrogens (tertiary/aromatic N) is 1. The lowest BCUT2D eigenvalue weighted by Gasteiger charge is -2.25. The molecule has 0 saturated heterocycles. The number of carbonyl (C=O) groups is 1. The minimum Gasteiger partial charge on any atom is -0.304 e. The third-order valence-corrected chi connectivity index (χ3v) is 4.50. The van der Waals surface area contributed by atoms with Gasteiger partial charge in [0.1, 0.15) is 0 Å². The van der Waals surface area contributed by atoms with Crippen LogP contribution in [0.25, 0.3) is 12.2 Å². The van der Waals surface area contributed by atoms with Crippen molar-refractivity contribution in [2.75, 3.05) is 11.4 Å². The van der Waals surface area contributed by atoms with E-state index in [1.165, 1.54) is 5.56 Å². The van der Waals surface area contributed by atoms with Gasteiger partial charge in [0.25, 0.3) is 0 Å². The lowest BCUT2D eigenvalue weighted by Crippen LogP contribution is -2.35. The maximum absolute atomic E-state index is 13.1. The Morgan fingerprint density at radius 2 is 1.27 bits per heavy atom. The number of anilines is 2. The first kappa shape index (κ1) is 16.3. The molecule has 0 radical (unpaired) electrons. The van der Waals surface area contributed by atoms with Crippen LogP contribution < -0.4 is 10.2 Å². The molecule has 0 aromatic heterocycles. The third-order valence-electron chi connectivity index (χ3n) is 4.50. The van der Waals surface area contributed by atoms with Gasteiger partial charge >= 0.3 is 0 Å². The summed E-state index contributed by atoms with van der Waals surface area (Å²) in [7, 11) is 0. The van der Waals surface area contributed by atoms with Gasteiger partial charge in [-0.05, 0) is 28.8 Å². The van der Waals surface area contributed by atoms with Gasteiger partial charge in [0, 0.05) is 6.54 Å². The van der Waals surface area contributed by atoms with Crippen LogP contribution in [0.1, 0.15) is 16.7 Å². The summed E-state index contributed by atoms with van der Waals surface area (Å²) < 4.78 is 0. The highest BCUT2D eigenvalue weighted by Crippen LogP contribution is 2.36. The second-order valence-corrected chi connectivity index (χ2v) is 6.27. The second kappa shape index (κ2) is 7.38. The quantitative estimate of drug-likeness (QED) is 0.751. The first-order valence-corrected chi connectivity index (χ1v) is 8.77. The van der Waals surface area contributed by atoms with Crippen molar-refractivity contribution >= 4 is 29.4 Å². The molecule has 0 saturated carbocycles. The summed E-state index contributed by atoms with van der Waals surface area (Å²) >= 11 is 0. The van der Waals surface area contributed by atoms with Gasteiger partial charge in [-0.25, -0.2) is 0 Å². The lowest BCUT2D eigenvalue weighted by atomic mass is 10.1. The Morgan fingerprint density at radius 1 is 0.731 bits per heavy atom. The summed E-state index contributed by atoms with van der Waals surface area (Å²) in [5, 5.41) is 3.27. The van der Waals surface area contributed by atoms with Crippen molar-refractivity contribution in [3.63, 3.8) is 0 Å². The summed E-state index contributed by atoms with van der Waals surface area (Å²) in [6, 6.07) is 26.1. The van der Waals surface area contributed by atoms with E-state index in [0.29, 0.717) is 6.54 Å². The number of rotatable bonds is 4. The SMILES string of the molecule is O=C(CNCc1ccccc1)N1c2ccccc2C=Cc2ccccc21. The fourth-order valence-corrected chi connectivity index (χ4v) is 3.23. The molecule has 1 amide bonds. The average Bonchev–Trinajstić information content (AvgIpc) is 2.85. The zero-order chi connectivity index (χ0) is 17.8. The van der Waals surface area contributed by atoms with E-state index in [9.17, 15) is 4.79 Å². The highest BCUT2D eigenvalue weighted by atomic mass is 16.2.